The summed E-state index contributed by atoms with van der Waals surface area (Å²) in [4.78, 5) is 26.7. The number of carbonyl (C=O) groups excluding carboxylic acids is 2. The van der Waals surface area contributed by atoms with Crippen LogP contribution in [0.5, 0.6) is 0 Å². The summed E-state index contributed by atoms with van der Waals surface area (Å²) in [7, 11) is 0. The van der Waals surface area contributed by atoms with Crippen molar-refractivity contribution in [3.8, 4) is 0 Å². The van der Waals surface area contributed by atoms with Gasteiger partial charge in [-0.1, -0.05) is 12.1 Å². The van der Waals surface area contributed by atoms with Crippen LogP contribution >= 0.6 is 0 Å². The minimum Gasteiger partial charge on any atom is -0.462 e. The van der Waals surface area contributed by atoms with Gasteiger partial charge in [-0.25, -0.2) is 4.79 Å². The number of hydrogen-bond donors (Lipinski definition) is 1. The maximum atomic E-state index is 12.5. The molecule has 0 saturated heterocycles. The molecule has 1 amide bonds. The van der Waals surface area contributed by atoms with Crippen LogP contribution in [0.4, 0.5) is 11.4 Å². The number of rotatable bonds is 7. The maximum Gasteiger partial charge on any atom is 0.340 e. The molecule has 0 aliphatic heterocycles. The summed E-state index contributed by atoms with van der Waals surface area (Å²) in [5, 5.41) is 2.79. The van der Waals surface area contributed by atoms with Gasteiger partial charge >= 0.3 is 5.97 Å². The van der Waals surface area contributed by atoms with Crippen LogP contribution in [0.1, 0.15) is 41.5 Å². The Kier molecular flexibility index (Phi) is 6.57. The van der Waals surface area contributed by atoms with Crippen LogP contribution in [-0.4, -0.2) is 31.6 Å². The third-order valence-corrected chi connectivity index (χ3v) is 3.93. The molecule has 0 unspecified atom stereocenters. The molecule has 0 aliphatic carbocycles. The van der Waals surface area contributed by atoms with E-state index in [1.165, 1.54) is 0 Å². The Morgan fingerprint density at radius 3 is 2.20 bits per heavy atom. The predicted molar refractivity (Wildman–Crippen MR) is 100 cm³/mol. The number of benzene rings is 2. The van der Waals surface area contributed by atoms with E-state index in [9.17, 15) is 9.59 Å². The highest BCUT2D eigenvalue weighted by atomic mass is 16.5. The van der Waals surface area contributed by atoms with E-state index in [2.05, 4.69) is 24.1 Å². The summed E-state index contributed by atoms with van der Waals surface area (Å²) in [6.07, 6.45) is 0. The van der Waals surface area contributed by atoms with Gasteiger partial charge in [-0.3, -0.25) is 4.79 Å². The molecular formula is C20H24N2O3. The Morgan fingerprint density at radius 1 is 0.960 bits per heavy atom. The molecule has 0 radical (unpaired) electrons. The first kappa shape index (κ1) is 18.5. The molecule has 25 heavy (non-hydrogen) atoms. The number of hydrogen-bond acceptors (Lipinski definition) is 4. The van der Waals surface area contributed by atoms with Crippen molar-refractivity contribution in [3.63, 3.8) is 0 Å². The number of nitrogens with one attached hydrogen (secondary N) is 1. The van der Waals surface area contributed by atoms with Crippen LogP contribution in [0.2, 0.25) is 0 Å². The third kappa shape index (κ3) is 4.59. The number of anilines is 2. The van der Waals surface area contributed by atoms with Crippen LogP contribution in [0.15, 0.2) is 48.5 Å². The van der Waals surface area contributed by atoms with Crippen LogP contribution in [-0.2, 0) is 4.74 Å². The molecule has 0 saturated carbocycles. The van der Waals surface area contributed by atoms with Gasteiger partial charge in [0.1, 0.15) is 0 Å². The van der Waals surface area contributed by atoms with E-state index in [-0.39, 0.29) is 12.5 Å². The fourth-order valence-corrected chi connectivity index (χ4v) is 2.59. The zero-order valence-electron chi connectivity index (χ0n) is 14.9. The van der Waals surface area contributed by atoms with Gasteiger partial charge in [0.05, 0.1) is 17.9 Å². The fraction of sp³-hybridized carbons (Fsp3) is 0.300. The van der Waals surface area contributed by atoms with Crippen LogP contribution in [0.3, 0.4) is 0 Å². The summed E-state index contributed by atoms with van der Waals surface area (Å²) < 4.78 is 5.03. The topological polar surface area (TPSA) is 58.6 Å². The molecule has 2 aromatic rings. The average molecular weight is 340 g/mol. The Morgan fingerprint density at radius 2 is 1.60 bits per heavy atom. The van der Waals surface area contributed by atoms with Gasteiger partial charge in [0.15, 0.2) is 0 Å². The average Bonchev–Trinajstić information content (AvgIpc) is 2.64. The van der Waals surface area contributed by atoms with E-state index in [1.807, 2.05) is 12.1 Å². The highest BCUT2D eigenvalue weighted by Crippen LogP contribution is 2.19. The number of ether oxygens (including phenoxy) is 1. The van der Waals surface area contributed by atoms with Crippen molar-refractivity contribution < 1.29 is 14.3 Å². The second-order valence-corrected chi connectivity index (χ2v) is 5.44. The van der Waals surface area contributed by atoms with Crippen molar-refractivity contribution in [2.45, 2.75) is 20.8 Å². The number of esters is 1. The molecule has 1 N–H and O–H groups in total. The third-order valence-electron chi connectivity index (χ3n) is 3.93. The number of carbonyl (C=O) groups is 2. The predicted octanol–water partition coefficient (Wildman–Crippen LogP) is 3.96. The SMILES string of the molecule is CCOC(=O)c1ccccc1NC(=O)c1ccc(N(CC)CC)cc1. The Balaban J connectivity index is 2.16. The molecular weight excluding hydrogens is 316 g/mol. The summed E-state index contributed by atoms with van der Waals surface area (Å²) in [5.74, 6) is -0.710. The second kappa shape index (κ2) is 8.87. The normalized spacial score (nSPS) is 10.2. The van der Waals surface area contributed by atoms with Gasteiger partial charge in [-0.05, 0) is 57.2 Å². The molecule has 2 rings (SSSR count). The molecule has 5 heteroatoms. The highest BCUT2D eigenvalue weighted by Gasteiger charge is 2.15. The minimum absolute atomic E-state index is 0.261. The van der Waals surface area contributed by atoms with Crippen molar-refractivity contribution in [2.75, 3.05) is 29.9 Å². The fourth-order valence-electron chi connectivity index (χ4n) is 2.59. The number of nitrogens with zero attached hydrogens (tertiary/aromatic N) is 1. The summed E-state index contributed by atoms with van der Waals surface area (Å²) in [5.41, 5.74) is 2.40. The van der Waals surface area contributed by atoms with E-state index in [1.54, 1.807) is 43.3 Å². The lowest BCUT2D eigenvalue weighted by atomic mass is 10.1. The minimum atomic E-state index is -0.449. The van der Waals surface area contributed by atoms with Crippen molar-refractivity contribution >= 4 is 23.3 Å². The maximum absolute atomic E-state index is 12.5. The second-order valence-electron chi connectivity index (χ2n) is 5.44. The van der Waals surface area contributed by atoms with Gasteiger partial charge in [0.2, 0.25) is 0 Å². The van der Waals surface area contributed by atoms with Gasteiger partial charge in [0.25, 0.3) is 5.91 Å². The molecule has 132 valence electrons. The zero-order chi connectivity index (χ0) is 18.2. The van der Waals surface area contributed by atoms with Crippen molar-refractivity contribution in [1.29, 1.82) is 0 Å². The Labute approximate surface area is 148 Å². The number of amides is 1. The Hall–Kier alpha value is -2.82. The largest absolute Gasteiger partial charge is 0.462 e. The quantitative estimate of drug-likeness (QED) is 0.775. The van der Waals surface area contributed by atoms with E-state index in [0.29, 0.717) is 16.8 Å². The molecule has 0 fully saturated rings. The Bertz CT molecular complexity index is 722. The lowest BCUT2D eigenvalue weighted by Crippen LogP contribution is -2.22. The lowest BCUT2D eigenvalue weighted by Gasteiger charge is -2.21. The smallest absolute Gasteiger partial charge is 0.340 e. The van der Waals surface area contributed by atoms with Crippen molar-refractivity contribution in [2.24, 2.45) is 0 Å². The molecule has 5 nitrogen and oxygen atoms in total. The molecule has 0 atom stereocenters. The van der Waals surface area contributed by atoms with Crippen molar-refractivity contribution in [3.05, 3.63) is 59.7 Å². The first-order chi connectivity index (χ1) is 12.1. The van der Waals surface area contributed by atoms with E-state index in [0.717, 1.165) is 18.8 Å². The molecule has 0 heterocycles. The van der Waals surface area contributed by atoms with Crippen LogP contribution in [0.25, 0.3) is 0 Å². The monoisotopic (exact) mass is 340 g/mol. The zero-order valence-corrected chi connectivity index (χ0v) is 14.9. The van der Waals surface area contributed by atoms with Crippen molar-refractivity contribution in [1.82, 2.24) is 0 Å². The first-order valence-electron chi connectivity index (χ1n) is 8.53. The van der Waals surface area contributed by atoms with Gasteiger partial charge in [-0.2, -0.15) is 0 Å². The van der Waals surface area contributed by atoms with E-state index < -0.39 is 5.97 Å². The van der Waals surface area contributed by atoms with Gasteiger partial charge < -0.3 is 15.0 Å². The summed E-state index contributed by atoms with van der Waals surface area (Å²) in [6.45, 7) is 8.04. The molecule has 2 aromatic carbocycles. The molecule has 0 aliphatic rings. The molecule has 0 aromatic heterocycles. The molecule has 0 spiro atoms. The first-order valence-corrected chi connectivity index (χ1v) is 8.53. The van der Waals surface area contributed by atoms with E-state index >= 15 is 0 Å². The summed E-state index contributed by atoms with van der Waals surface area (Å²) >= 11 is 0. The lowest BCUT2D eigenvalue weighted by molar-refractivity contribution is 0.0527. The number of para-hydroxylation sites is 1. The molecule has 0 bridgehead atoms. The standard InChI is InChI=1S/C20H24N2O3/c1-4-22(5-2)16-13-11-15(12-14-16)19(23)21-18-10-8-7-9-17(18)20(24)25-6-3/h7-14H,4-6H2,1-3H3,(H,21,23). The van der Waals surface area contributed by atoms with E-state index in [4.69, 9.17) is 4.74 Å². The highest BCUT2D eigenvalue weighted by molar-refractivity contribution is 6.08. The van der Waals surface area contributed by atoms with Gasteiger partial charge in [0, 0.05) is 24.3 Å². The van der Waals surface area contributed by atoms with Crippen LogP contribution < -0.4 is 10.2 Å². The summed E-state index contributed by atoms with van der Waals surface area (Å²) in [6, 6.07) is 14.3. The van der Waals surface area contributed by atoms with Crippen LogP contribution in [0, 0.1) is 0 Å². The van der Waals surface area contributed by atoms with Gasteiger partial charge in [-0.15, -0.1) is 0 Å².